The number of sulfonamides is 1. The molecule has 0 radical (unpaired) electrons. The number of hydrogen-bond donors (Lipinski definition) is 0. The first kappa shape index (κ1) is 17.1. The average Bonchev–Trinajstić information content (AvgIpc) is 3.25. The lowest BCUT2D eigenvalue weighted by atomic mass is 9.93. The minimum Gasteiger partial charge on any atom is -0.497 e. The lowest BCUT2D eigenvalue weighted by Gasteiger charge is -2.36. The molecule has 1 heterocycles. The maximum atomic E-state index is 12.8. The van der Waals surface area contributed by atoms with Gasteiger partial charge in [0.15, 0.2) is 0 Å². The standard InChI is InChI=1S/C19H26N2O3S/c1-24-18-4-6-19(7-5-18)25(22,23)21-10-8-20(9-11-21)14-17-13-15-2-3-16(17)12-15/h2-7,15-17H,8-14H2,1H3/t15-,16+,17-/m1/s1. The summed E-state index contributed by atoms with van der Waals surface area (Å²) in [5.74, 6) is 2.99. The molecule has 1 saturated carbocycles. The Morgan fingerprint density at radius 3 is 2.32 bits per heavy atom. The third-order valence-corrected chi connectivity index (χ3v) is 7.85. The number of rotatable bonds is 5. The highest BCUT2D eigenvalue weighted by Crippen LogP contribution is 2.43. The molecule has 0 N–H and O–H groups in total. The van der Waals surface area contributed by atoms with Gasteiger partial charge in [-0.15, -0.1) is 0 Å². The predicted octanol–water partition coefficient (Wildman–Crippen LogP) is 2.21. The second kappa shape index (κ2) is 6.74. The Kier molecular flexibility index (Phi) is 4.60. The molecule has 5 nitrogen and oxygen atoms in total. The van der Waals surface area contributed by atoms with Crippen molar-refractivity contribution in [2.24, 2.45) is 17.8 Å². The van der Waals surface area contributed by atoms with Crippen LogP contribution in [0.15, 0.2) is 41.3 Å². The van der Waals surface area contributed by atoms with Gasteiger partial charge >= 0.3 is 0 Å². The smallest absolute Gasteiger partial charge is 0.243 e. The van der Waals surface area contributed by atoms with Crippen LogP contribution in [0.2, 0.25) is 0 Å². The largest absolute Gasteiger partial charge is 0.497 e. The number of piperazine rings is 1. The lowest BCUT2D eigenvalue weighted by Crippen LogP contribution is -2.49. The highest BCUT2D eigenvalue weighted by Gasteiger charge is 2.37. The number of nitrogens with zero attached hydrogens (tertiary/aromatic N) is 2. The molecule has 4 rings (SSSR count). The van der Waals surface area contributed by atoms with E-state index >= 15 is 0 Å². The Morgan fingerprint density at radius 2 is 1.76 bits per heavy atom. The number of ether oxygens (including phenoxy) is 1. The van der Waals surface area contributed by atoms with Crippen LogP contribution in [0.5, 0.6) is 5.75 Å². The van der Waals surface area contributed by atoms with Crippen molar-refractivity contribution in [3.63, 3.8) is 0 Å². The fraction of sp³-hybridized carbons (Fsp3) is 0.579. The van der Waals surface area contributed by atoms with Gasteiger partial charge in [0, 0.05) is 32.7 Å². The molecule has 2 bridgehead atoms. The van der Waals surface area contributed by atoms with Crippen LogP contribution in [0.4, 0.5) is 0 Å². The molecule has 0 unspecified atom stereocenters. The summed E-state index contributed by atoms with van der Waals surface area (Å²) < 4.78 is 32.3. The number of methoxy groups -OCH3 is 1. The molecule has 2 aliphatic carbocycles. The molecule has 136 valence electrons. The molecule has 1 aliphatic heterocycles. The van der Waals surface area contributed by atoms with E-state index < -0.39 is 10.0 Å². The highest BCUT2D eigenvalue weighted by molar-refractivity contribution is 7.89. The van der Waals surface area contributed by atoms with Gasteiger partial charge in [0.1, 0.15) is 5.75 Å². The molecule has 3 atom stereocenters. The number of benzene rings is 1. The maximum absolute atomic E-state index is 12.8. The molecule has 0 spiro atoms. The lowest BCUT2D eigenvalue weighted by molar-refractivity contribution is 0.156. The van der Waals surface area contributed by atoms with Crippen LogP contribution in [0.1, 0.15) is 12.8 Å². The topological polar surface area (TPSA) is 49.9 Å². The summed E-state index contributed by atoms with van der Waals surface area (Å²) in [7, 11) is -1.83. The van der Waals surface area contributed by atoms with E-state index in [1.165, 1.54) is 12.8 Å². The van der Waals surface area contributed by atoms with Crippen LogP contribution < -0.4 is 4.74 Å². The van der Waals surface area contributed by atoms with Crippen LogP contribution in [-0.2, 0) is 10.0 Å². The first-order chi connectivity index (χ1) is 12.1. The zero-order chi connectivity index (χ0) is 17.4. The van der Waals surface area contributed by atoms with Crippen LogP contribution >= 0.6 is 0 Å². The minimum atomic E-state index is -3.41. The monoisotopic (exact) mass is 362 g/mol. The van der Waals surface area contributed by atoms with Crippen LogP contribution in [-0.4, -0.2) is 57.5 Å². The molecule has 1 saturated heterocycles. The summed E-state index contributed by atoms with van der Waals surface area (Å²) in [6, 6.07) is 6.65. The zero-order valence-electron chi connectivity index (χ0n) is 14.7. The van der Waals surface area contributed by atoms with Crippen molar-refractivity contribution in [3.05, 3.63) is 36.4 Å². The molecule has 1 aromatic carbocycles. The molecule has 3 aliphatic rings. The van der Waals surface area contributed by atoms with Crippen molar-refractivity contribution in [1.82, 2.24) is 9.21 Å². The second-order valence-electron chi connectivity index (χ2n) is 7.42. The van der Waals surface area contributed by atoms with Gasteiger partial charge in [-0.2, -0.15) is 4.31 Å². The summed E-state index contributed by atoms with van der Waals surface area (Å²) in [6.45, 7) is 3.91. The van der Waals surface area contributed by atoms with E-state index in [4.69, 9.17) is 4.74 Å². The van der Waals surface area contributed by atoms with Gasteiger partial charge in [-0.25, -0.2) is 8.42 Å². The minimum absolute atomic E-state index is 0.347. The van der Waals surface area contributed by atoms with Gasteiger partial charge in [-0.1, -0.05) is 12.2 Å². The quantitative estimate of drug-likeness (QED) is 0.754. The van der Waals surface area contributed by atoms with Gasteiger partial charge in [-0.05, 0) is 54.9 Å². The van der Waals surface area contributed by atoms with Crippen LogP contribution in [0, 0.1) is 17.8 Å². The van der Waals surface area contributed by atoms with E-state index in [1.54, 1.807) is 35.7 Å². The van der Waals surface area contributed by atoms with Gasteiger partial charge < -0.3 is 9.64 Å². The number of hydrogen-bond acceptors (Lipinski definition) is 4. The van der Waals surface area contributed by atoms with Gasteiger partial charge in [0.2, 0.25) is 10.0 Å². The molecule has 1 aromatic rings. The van der Waals surface area contributed by atoms with Crippen molar-refractivity contribution in [2.75, 3.05) is 39.8 Å². The second-order valence-corrected chi connectivity index (χ2v) is 9.36. The van der Waals surface area contributed by atoms with E-state index in [1.807, 2.05) is 0 Å². The van der Waals surface area contributed by atoms with Crippen molar-refractivity contribution < 1.29 is 13.2 Å². The molecule has 2 fully saturated rings. The Hall–Kier alpha value is -1.37. The van der Waals surface area contributed by atoms with E-state index in [2.05, 4.69) is 17.1 Å². The van der Waals surface area contributed by atoms with Crippen molar-refractivity contribution >= 4 is 10.0 Å². The summed E-state index contributed by atoms with van der Waals surface area (Å²) in [5, 5.41) is 0. The Morgan fingerprint density at radius 1 is 1.04 bits per heavy atom. The van der Waals surface area contributed by atoms with Gasteiger partial charge in [-0.3, -0.25) is 0 Å². The van der Waals surface area contributed by atoms with Crippen molar-refractivity contribution in [2.45, 2.75) is 17.7 Å². The SMILES string of the molecule is COc1ccc(S(=O)(=O)N2CCN(C[C@H]3C[C@@H]4C=C[C@H]3C4)CC2)cc1. The summed E-state index contributed by atoms with van der Waals surface area (Å²) in [4.78, 5) is 2.79. The normalized spacial score (nSPS) is 30.0. The highest BCUT2D eigenvalue weighted by atomic mass is 32.2. The molecule has 6 heteroatoms. The van der Waals surface area contributed by atoms with Crippen molar-refractivity contribution in [3.8, 4) is 5.75 Å². The van der Waals surface area contributed by atoms with E-state index in [-0.39, 0.29) is 0 Å². The van der Waals surface area contributed by atoms with Crippen LogP contribution in [0.3, 0.4) is 0 Å². The fourth-order valence-electron chi connectivity index (χ4n) is 4.49. The molecule has 25 heavy (non-hydrogen) atoms. The third-order valence-electron chi connectivity index (χ3n) is 5.94. The van der Waals surface area contributed by atoms with Crippen LogP contribution in [0.25, 0.3) is 0 Å². The first-order valence-electron chi connectivity index (χ1n) is 9.11. The molecular formula is C19H26N2O3S. The van der Waals surface area contributed by atoms with E-state index in [0.29, 0.717) is 23.7 Å². The van der Waals surface area contributed by atoms with Gasteiger partial charge in [0.05, 0.1) is 12.0 Å². The fourth-order valence-corrected chi connectivity index (χ4v) is 5.91. The Balaban J connectivity index is 1.35. The zero-order valence-corrected chi connectivity index (χ0v) is 15.5. The summed E-state index contributed by atoms with van der Waals surface area (Å²) in [5.41, 5.74) is 0. The summed E-state index contributed by atoms with van der Waals surface area (Å²) >= 11 is 0. The Labute approximate surface area is 150 Å². The first-order valence-corrected chi connectivity index (χ1v) is 10.5. The maximum Gasteiger partial charge on any atom is 0.243 e. The third kappa shape index (κ3) is 3.35. The predicted molar refractivity (Wildman–Crippen MR) is 97.0 cm³/mol. The number of allylic oxidation sites excluding steroid dienone is 2. The van der Waals surface area contributed by atoms with E-state index in [0.717, 1.165) is 37.4 Å². The van der Waals surface area contributed by atoms with Gasteiger partial charge in [0.25, 0.3) is 0 Å². The number of fused-ring (bicyclic) bond motifs is 2. The molecule has 0 aromatic heterocycles. The average molecular weight is 362 g/mol. The molecular weight excluding hydrogens is 336 g/mol. The van der Waals surface area contributed by atoms with Crippen molar-refractivity contribution in [1.29, 1.82) is 0 Å². The Bertz CT molecular complexity index is 736. The molecule has 0 amide bonds. The summed E-state index contributed by atoms with van der Waals surface area (Å²) in [6.07, 6.45) is 7.41. The van der Waals surface area contributed by atoms with E-state index in [9.17, 15) is 8.42 Å².